The van der Waals surface area contributed by atoms with Gasteiger partial charge in [-0.2, -0.15) is 0 Å². The summed E-state index contributed by atoms with van der Waals surface area (Å²) in [6, 6.07) is 3.65. The zero-order valence-corrected chi connectivity index (χ0v) is 8.30. The summed E-state index contributed by atoms with van der Waals surface area (Å²) in [6.07, 6.45) is 2.95. The van der Waals surface area contributed by atoms with Crippen molar-refractivity contribution < 1.29 is 14.6 Å². The molecule has 0 atom stereocenters. The fourth-order valence-corrected chi connectivity index (χ4v) is 1.38. The van der Waals surface area contributed by atoms with Crippen LogP contribution < -0.4 is 5.73 Å². The molecule has 2 heterocycles. The molecule has 0 bridgehead atoms. The van der Waals surface area contributed by atoms with E-state index in [1.54, 1.807) is 12.4 Å². The average molecular weight is 210 g/mol. The molecule has 1 aromatic heterocycles. The van der Waals surface area contributed by atoms with Crippen LogP contribution in [-0.2, 0) is 9.47 Å². The van der Waals surface area contributed by atoms with Crippen LogP contribution in [0.25, 0.3) is 0 Å². The van der Waals surface area contributed by atoms with E-state index in [1.807, 2.05) is 12.1 Å². The van der Waals surface area contributed by atoms with Crippen molar-refractivity contribution >= 4 is 0 Å². The Bertz CT molecular complexity index is 310. The third kappa shape index (κ3) is 2.32. The fourth-order valence-electron chi connectivity index (χ4n) is 1.38. The maximum Gasteiger partial charge on any atom is 0.184 e. The molecule has 1 aliphatic heterocycles. The standard InChI is InChI=1S/C10H14N2O3/c11-10(5-13)6-14-9(15-7-10)8-1-3-12-4-2-8/h1-4,9,13H,5-7,11H2. The van der Waals surface area contributed by atoms with Crippen LogP contribution in [0.1, 0.15) is 11.9 Å². The topological polar surface area (TPSA) is 77.6 Å². The number of rotatable bonds is 2. The summed E-state index contributed by atoms with van der Waals surface area (Å²) >= 11 is 0. The molecule has 15 heavy (non-hydrogen) atoms. The second-order valence-corrected chi connectivity index (χ2v) is 3.75. The van der Waals surface area contributed by atoms with Crippen LogP contribution >= 0.6 is 0 Å². The van der Waals surface area contributed by atoms with Gasteiger partial charge in [0.05, 0.1) is 25.4 Å². The molecule has 0 radical (unpaired) electrons. The molecule has 5 nitrogen and oxygen atoms in total. The van der Waals surface area contributed by atoms with Crippen LogP contribution in [0.3, 0.4) is 0 Å². The normalized spacial score (nSPS) is 31.5. The van der Waals surface area contributed by atoms with Gasteiger partial charge < -0.3 is 20.3 Å². The second-order valence-electron chi connectivity index (χ2n) is 3.75. The first-order chi connectivity index (χ1) is 7.23. The lowest BCUT2D eigenvalue weighted by Crippen LogP contribution is -2.55. The summed E-state index contributed by atoms with van der Waals surface area (Å²) in [4.78, 5) is 3.91. The van der Waals surface area contributed by atoms with Crippen LogP contribution in [0.4, 0.5) is 0 Å². The first-order valence-electron chi connectivity index (χ1n) is 4.76. The quantitative estimate of drug-likeness (QED) is 0.707. The lowest BCUT2D eigenvalue weighted by Gasteiger charge is -2.35. The van der Waals surface area contributed by atoms with E-state index in [4.69, 9.17) is 20.3 Å². The molecule has 0 unspecified atom stereocenters. The molecule has 5 heteroatoms. The van der Waals surface area contributed by atoms with E-state index >= 15 is 0 Å². The summed E-state index contributed by atoms with van der Waals surface area (Å²) in [7, 11) is 0. The summed E-state index contributed by atoms with van der Waals surface area (Å²) in [6.45, 7) is 0.434. The highest BCUT2D eigenvalue weighted by Gasteiger charge is 2.33. The molecule has 2 rings (SSSR count). The smallest absolute Gasteiger partial charge is 0.184 e. The predicted molar refractivity (Wildman–Crippen MR) is 52.9 cm³/mol. The summed E-state index contributed by atoms with van der Waals surface area (Å²) in [5.41, 5.74) is 5.92. The number of aliphatic hydroxyl groups is 1. The molecule has 3 N–H and O–H groups in total. The Morgan fingerprint density at radius 2 is 2.00 bits per heavy atom. The number of nitrogens with zero attached hydrogens (tertiary/aromatic N) is 1. The Balaban J connectivity index is 2.00. The zero-order valence-electron chi connectivity index (χ0n) is 8.30. The van der Waals surface area contributed by atoms with E-state index in [0.717, 1.165) is 5.56 Å². The number of hydrogen-bond donors (Lipinski definition) is 2. The lowest BCUT2D eigenvalue weighted by molar-refractivity contribution is -0.216. The molecule has 0 aromatic carbocycles. The van der Waals surface area contributed by atoms with Gasteiger partial charge in [0.1, 0.15) is 0 Å². The molecule has 0 amide bonds. The highest BCUT2D eigenvalue weighted by Crippen LogP contribution is 2.24. The second kappa shape index (κ2) is 4.24. The zero-order chi connectivity index (χ0) is 10.7. The Labute approximate surface area is 87.8 Å². The Hall–Kier alpha value is -1.01. The SMILES string of the molecule is NC1(CO)COC(c2ccncc2)OC1. The number of aliphatic hydroxyl groups excluding tert-OH is 1. The van der Waals surface area contributed by atoms with E-state index in [-0.39, 0.29) is 19.8 Å². The van der Waals surface area contributed by atoms with Gasteiger partial charge in [0.2, 0.25) is 0 Å². The molecule has 0 aliphatic carbocycles. The van der Waals surface area contributed by atoms with Crippen LogP contribution in [0.5, 0.6) is 0 Å². The van der Waals surface area contributed by atoms with Crippen molar-refractivity contribution in [1.82, 2.24) is 4.98 Å². The van der Waals surface area contributed by atoms with Gasteiger partial charge in [-0.1, -0.05) is 0 Å². The summed E-state index contributed by atoms with van der Waals surface area (Å²) < 4.78 is 10.9. The van der Waals surface area contributed by atoms with Crippen molar-refractivity contribution in [3.63, 3.8) is 0 Å². The Kier molecular flexibility index (Phi) is 2.97. The van der Waals surface area contributed by atoms with E-state index in [0.29, 0.717) is 0 Å². The van der Waals surface area contributed by atoms with Crippen molar-refractivity contribution in [3.8, 4) is 0 Å². The van der Waals surface area contributed by atoms with Crippen molar-refractivity contribution in [2.75, 3.05) is 19.8 Å². The van der Waals surface area contributed by atoms with Gasteiger partial charge in [-0.3, -0.25) is 4.98 Å². The van der Waals surface area contributed by atoms with Crippen LogP contribution in [0, 0.1) is 0 Å². The van der Waals surface area contributed by atoms with Crippen LogP contribution in [-0.4, -0.2) is 35.5 Å². The molecule has 0 saturated carbocycles. The van der Waals surface area contributed by atoms with E-state index in [2.05, 4.69) is 4.98 Å². The maximum absolute atomic E-state index is 9.01. The number of ether oxygens (including phenoxy) is 2. The van der Waals surface area contributed by atoms with Gasteiger partial charge in [0.25, 0.3) is 0 Å². The lowest BCUT2D eigenvalue weighted by atomic mass is 10.0. The van der Waals surface area contributed by atoms with Gasteiger partial charge >= 0.3 is 0 Å². The number of aromatic nitrogens is 1. The molecule has 0 spiro atoms. The largest absolute Gasteiger partial charge is 0.394 e. The predicted octanol–water partition coefficient (Wildman–Crippen LogP) is -0.183. The van der Waals surface area contributed by atoms with Gasteiger partial charge in [-0.25, -0.2) is 0 Å². The number of nitrogens with two attached hydrogens (primary N) is 1. The van der Waals surface area contributed by atoms with Gasteiger partial charge in [0, 0.05) is 18.0 Å². The first-order valence-corrected chi connectivity index (χ1v) is 4.76. The highest BCUT2D eigenvalue weighted by molar-refractivity contribution is 5.12. The minimum Gasteiger partial charge on any atom is -0.394 e. The van der Waals surface area contributed by atoms with Crippen molar-refractivity contribution in [1.29, 1.82) is 0 Å². The monoisotopic (exact) mass is 210 g/mol. The van der Waals surface area contributed by atoms with Crippen LogP contribution in [0.2, 0.25) is 0 Å². The third-order valence-corrected chi connectivity index (χ3v) is 2.34. The van der Waals surface area contributed by atoms with Gasteiger partial charge in [0.15, 0.2) is 6.29 Å². The molecule has 1 fully saturated rings. The van der Waals surface area contributed by atoms with Crippen molar-refractivity contribution in [3.05, 3.63) is 30.1 Å². The molecule has 1 saturated heterocycles. The maximum atomic E-state index is 9.01. The number of hydrogen-bond acceptors (Lipinski definition) is 5. The van der Waals surface area contributed by atoms with Crippen molar-refractivity contribution in [2.24, 2.45) is 5.73 Å². The fraction of sp³-hybridized carbons (Fsp3) is 0.500. The molecular weight excluding hydrogens is 196 g/mol. The Morgan fingerprint density at radius 1 is 1.40 bits per heavy atom. The molecular formula is C10H14N2O3. The third-order valence-electron chi connectivity index (χ3n) is 2.34. The van der Waals surface area contributed by atoms with Gasteiger partial charge in [-0.05, 0) is 12.1 Å². The number of pyridine rings is 1. The highest BCUT2D eigenvalue weighted by atomic mass is 16.7. The van der Waals surface area contributed by atoms with Crippen LogP contribution in [0.15, 0.2) is 24.5 Å². The first kappa shape index (κ1) is 10.5. The molecule has 1 aliphatic rings. The molecule has 82 valence electrons. The van der Waals surface area contributed by atoms with Gasteiger partial charge in [-0.15, -0.1) is 0 Å². The van der Waals surface area contributed by atoms with E-state index < -0.39 is 11.8 Å². The van der Waals surface area contributed by atoms with E-state index in [1.165, 1.54) is 0 Å². The summed E-state index contributed by atoms with van der Waals surface area (Å²) in [5, 5.41) is 9.01. The summed E-state index contributed by atoms with van der Waals surface area (Å²) in [5.74, 6) is 0. The van der Waals surface area contributed by atoms with E-state index in [9.17, 15) is 0 Å². The molecule has 1 aromatic rings. The Morgan fingerprint density at radius 3 is 2.53 bits per heavy atom. The minimum absolute atomic E-state index is 0.143. The minimum atomic E-state index is -0.774. The average Bonchev–Trinajstić information content (AvgIpc) is 2.31. The van der Waals surface area contributed by atoms with Crippen molar-refractivity contribution in [2.45, 2.75) is 11.8 Å².